The van der Waals surface area contributed by atoms with Gasteiger partial charge in [0.25, 0.3) is 0 Å². The second-order valence-electron chi connectivity index (χ2n) is 6.01. The van der Waals surface area contributed by atoms with E-state index in [1.165, 1.54) is 19.3 Å². The van der Waals surface area contributed by atoms with Crippen molar-refractivity contribution in [2.24, 2.45) is 14.1 Å². The van der Waals surface area contributed by atoms with E-state index in [1.807, 2.05) is 54.0 Å². The summed E-state index contributed by atoms with van der Waals surface area (Å²) in [6.45, 7) is 1.02. The number of hydrogen-bond acceptors (Lipinski definition) is 7. The van der Waals surface area contributed by atoms with Crippen LogP contribution in [-0.2, 0) is 35.2 Å². The molecular formula is C18H25ClN6O4Pt. The van der Waals surface area contributed by atoms with Crippen LogP contribution in [-0.4, -0.2) is 30.6 Å². The summed E-state index contributed by atoms with van der Waals surface area (Å²) >= 11 is 0. The van der Waals surface area contributed by atoms with E-state index in [2.05, 4.69) is 26.3 Å². The van der Waals surface area contributed by atoms with Gasteiger partial charge in [0, 0.05) is 50.8 Å². The smallest absolute Gasteiger partial charge is 0.654 e. The predicted octanol–water partition coefficient (Wildman–Crippen LogP) is -1.24. The topological polar surface area (TPSA) is 155 Å². The number of aromatic nitrogens is 5. The molecule has 0 radical (unpaired) electrons. The SMILES string of the molecule is Cn1ccnc1.Cn1ccnc1.[O-][Cl+3]([O-])([O-])[O-].[Pt+2].c1ccc(C2CCCC[N-]2)nc1. The zero-order valence-corrected chi connectivity index (χ0v) is 19.7. The first-order valence-electron chi connectivity index (χ1n) is 8.79. The maximum Gasteiger partial charge on any atom is 2.00 e. The second-order valence-corrected chi connectivity index (χ2v) is 6.76. The van der Waals surface area contributed by atoms with Crippen LogP contribution in [0.15, 0.2) is 61.8 Å². The number of hydrogen-bond donors (Lipinski definition) is 0. The van der Waals surface area contributed by atoms with Crippen molar-refractivity contribution in [3.8, 4) is 0 Å². The molecule has 3 aromatic heterocycles. The van der Waals surface area contributed by atoms with E-state index < -0.39 is 10.2 Å². The number of rotatable bonds is 1. The molecule has 1 fully saturated rings. The van der Waals surface area contributed by atoms with Crippen LogP contribution < -0.4 is 18.6 Å². The van der Waals surface area contributed by atoms with Crippen LogP contribution in [0.1, 0.15) is 31.0 Å². The van der Waals surface area contributed by atoms with Gasteiger partial charge in [-0.15, -0.1) is 16.8 Å². The van der Waals surface area contributed by atoms with Gasteiger partial charge >= 0.3 is 21.1 Å². The molecule has 0 saturated carbocycles. The van der Waals surface area contributed by atoms with Crippen molar-refractivity contribution in [2.45, 2.75) is 25.3 Å². The van der Waals surface area contributed by atoms with E-state index in [0.717, 1.165) is 12.2 Å². The summed E-state index contributed by atoms with van der Waals surface area (Å²) < 4.78 is 37.8. The van der Waals surface area contributed by atoms with Gasteiger partial charge in [0.05, 0.1) is 12.7 Å². The normalized spacial score (nSPS) is 15.1. The van der Waals surface area contributed by atoms with Gasteiger partial charge in [0.2, 0.25) is 0 Å². The van der Waals surface area contributed by atoms with Crippen molar-refractivity contribution in [3.05, 3.63) is 72.8 Å². The summed E-state index contributed by atoms with van der Waals surface area (Å²) in [6, 6.07) is 6.43. The van der Waals surface area contributed by atoms with Crippen LogP contribution in [0.5, 0.6) is 0 Å². The van der Waals surface area contributed by atoms with E-state index in [9.17, 15) is 0 Å². The summed E-state index contributed by atoms with van der Waals surface area (Å²) in [5, 5.41) is 4.54. The summed E-state index contributed by atoms with van der Waals surface area (Å²) in [4.78, 5) is 11.9. The van der Waals surface area contributed by atoms with Crippen LogP contribution in [0.25, 0.3) is 5.32 Å². The molecule has 1 unspecified atom stereocenters. The molecule has 168 valence electrons. The molecule has 3 aromatic rings. The van der Waals surface area contributed by atoms with Crippen molar-refractivity contribution in [2.75, 3.05) is 6.54 Å². The molecule has 1 atom stereocenters. The summed E-state index contributed by atoms with van der Waals surface area (Å²) in [7, 11) is -1.07. The van der Waals surface area contributed by atoms with Gasteiger partial charge in [-0.25, -0.2) is 28.6 Å². The first-order valence-corrected chi connectivity index (χ1v) is 10.0. The Kier molecular flexibility index (Phi) is 15.2. The average Bonchev–Trinajstić information content (AvgIpc) is 3.36. The van der Waals surface area contributed by atoms with Crippen LogP contribution in [0.4, 0.5) is 0 Å². The first-order chi connectivity index (χ1) is 13.8. The quantitative estimate of drug-likeness (QED) is 0.330. The number of halogens is 1. The molecule has 12 heteroatoms. The zero-order chi connectivity index (χ0) is 21.5. The average molecular weight is 620 g/mol. The summed E-state index contributed by atoms with van der Waals surface area (Å²) in [5.74, 6) is 0. The minimum Gasteiger partial charge on any atom is -0.654 e. The van der Waals surface area contributed by atoms with Gasteiger partial charge in [-0.1, -0.05) is 31.4 Å². The molecule has 1 saturated heterocycles. The Balaban J connectivity index is 0.000000401. The largest absolute Gasteiger partial charge is 2.00 e. The fourth-order valence-electron chi connectivity index (χ4n) is 2.25. The molecule has 0 bridgehead atoms. The Morgan fingerprint density at radius 2 is 1.50 bits per heavy atom. The maximum absolute atomic E-state index is 8.49. The molecule has 0 N–H and O–H groups in total. The molecule has 0 aliphatic carbocycles. The second kappa shape index (κ2) is 16.1. The number of imidazole rings is 2. The van der Waals surface area contributed by atoms with Crippen LogP contribution in [0.2, 0.25) is 0 Å². The van der Waals surface area contributed by atoms with Gasteiger partial charge < -0.3 is 14.5 Å². The van der Waals surface area contributed by atoms with E-state index in [0.29, 0.717) is 6.04 Å². The number of pyridine rings is 1. The molecule has 30 heavy (non-hydrogen) atoms. The molecule has 0 aromatic carbocycles. The Morgan fingerprint density at radius 1 is 0.933 bits per heavy atom. The van der Waals surface area contributed by atoms with E-state index in [4.69, 9.17) is 18.6 Å². The number of nitrogens with zero attached hydrogens (tertiary/aromatic N) is 6. The van der Waals surface area contributed by atoms with Crippen molar-refractivity contribution < 1.29 is 49.9 Å². The molecular weight excluding hydrogens is 595 g/mol. The summed E-state index contributed by atoms with van der Waals surface area (Å²) in [6.07, 6.45) is 16.4. The Labute approximate surface area is 192 Å². The maximum atomic E-state index is 8.49. The molecule has 0 spiro atoms. The van der Waals surface area contributed by atoms with Crippen molar-refractivity contribution in [1.29, 1.82) is 0 Å². The van der Waals surface area contributed by atoms with E-state index in [-0.39, 0.29) is 21.1 Å². The van der Waals surface area contributed by atoms with Crippen molar-refractivity contribution in [3.63, 3.8) is 0 Å². The van der Waals surface area contributed by atoms with E-state index in [1.54, 1.807) is 25.0 Å². The molecule has 1 aliphatic heterocycles. The van der Waals surface area contributed by atoms with Crippen LogP contribution in [0.3, 0.4) is 0 Å². The van der Waals surface area contributed by atoms with Gasteiger partial charge in [0.15, 0.2) is 0 Å². The fourth-order valence-corrected chi connectivity index (χ4v) is 2.25. The third kappa shape index (κ3) is 16.2. The summed E-state index contributed by atoms with van der Waals surface area (Å²) in [5.41, 5.74) is 1.14. The Bertz CT molecular complexity index is 698. The Morgan fingerprint density at radius 3 is 1.80 bits per heavy atom. The molecule has 0 amide bonds. The minimum atomic E-state index is -4.94. The molecule has 4 rings (SSSR count). The molecule has 10 nitrogen and oxygen atoms in total. The van der Waals surface area contributed by atoms with Crippen molar-refractivity contribution in [1.82, 2.24) is 24.1 Å². The molecule has 4 heterocycles. The minimum absolute atomic E-state index is 0. The third-order valence-electron chi connectivity index (χ3n) is 3.54. The fraction of sp³-hybridized carbons (Fsp3) is 0.389. The number of aryl methyl sites for hydroxylation is 2. The molecule has 1 aliphatic rings. The first kappa shape index (κ1) is 28.3. The van der Waals surface area contributed by atoms with Gasteiger partial charge in [-0.05, 0) is 12.1 Å². The standard InChI is InChI=1S/C10H13N2.2C4H6N2.ClHO4.Pt/c1-3-7-11-9(5-1)10-6-2-4-8-12-10;2*1-6-3-2-5-4-6;2-1(3,4)5;/h1,3,5,7,10H,2,4,6,8H2;2*2-4H,1H3;(H,2,3,4,5);/q-1;;;;+2/p-1. The third-order valence-corrected chi connectivity index (χ3v) is 3.54. The monoisotopic (exact) mass is 619 g/mol. The number of piperidine rings is 1. The Hall–Kier alpha value is -1.65. The van der Waals surface area contributed by atoms with Gasteiger partial charge in [0.1, 0.15) is 0 Å². The van der Waals surface area contributed by atoms with Gasteiger partial charge in [-0.3, -0.25) is 4.98 Å². The predicted molar refractivity (Wildman–Crippen MR) is 95.5 cm³/mol. The zero-order valence-electron chi connectivity index (χ0n) is 16.7. The van der Waals surface area contributed by atoms with Crippen molar-refractivity contribution >= 4 is 0 Å². The van der Waals surface area contributed by atoms with E-state index >= 15 is 0 Å². The van der Waals surface area contributed by atoms with Gasteiger partial charge in [-0.2, -0.15) is 0 Å². The van der Waals surface area contributed by atoms with Crippen LogP contribution in [0, 0.1) is 10.2 Å². The van der Waals surface area contributed by atoms with Crippen LogP contribution >= 0.6 is 0 Å².